The molecule has 0 saturated heterocycles. The largest absolute Gasteiger partial charge is 0.492 e. The number of carbonyl (C=O) groups is 1. The Kier molecular flexibility index (Phi) is 5.67. The van der Waals surface area contributed by atoms with Crippen LogP contribution in [0.1, 0.15) is 17.3 Å². The van der Waals surface area contributed by atoms with E-state index in [1.54, 1.807) is 16.7 Å². The SMILES string of the molecule is C#CCn1c(=NC(=O)c2cc(Cl)ccc2Cl)sc2cccc(OCC)c21. The smallest absolute Gasteiger partial charge is 0.281 e. The number of nitrogens with zero attached hydrogens (tertiary/aromatic N) is 2. The topological polar surface area (TPSA) is 43.6 Å². The summed E-state index contributed by atoms with van der Waals surface area (Å²) < 4.78 is 8.41. The number of para-hydroxylation sites is 1. The standard InChI is InChI=1S/C19H14Cl2N2O2S/c1-3-10-23-17-15(25-4-2)6-5-7-16(17)26-19(23)22-18(24)13-11-12(20)8-9-14(13)21/h1,5-9,11H,4,10H2,2H3. The lowest BCUT2D eigenvalue weighted by Gasteiger charge is -2.07. The van der Waals surface area contributed by atoms with Gasteiger partial charge in [-0.25, -0.2) is 0 Å². The summed E-state index contributed by atoms with van der Waals surface area (Å²) in [6, 6.07) is 10.4. The Morgan fingerprint density at radius 2 is 2.15 bits per heavy atom. The predicted molar refractivity (Wildman–Crippen MR) is 106 cm³/mol. The molecule has 1 aromatic heterocycles. The summed E-state index contributed by atoms with van der Waals surface area (Å²) in [6.07, 6.45) is 5.52. The lowest BCUT2D eigenvalue weighted by Crippen LogP contribution is -2.17. The van der Waals surface area contributed by atoms with Crippen LogP contribution in [0.3, 0.4) is 0 Å². The third-order valence-electron chi connectivity index (χ3n) is 3.57. The molecule has 0 aliphatic rings. The fourth-order valence-electron chi connectivity index (χ4n) is 2.50. The van der Waals surface area contributed by atoms with Gasteiger partial charge in [0.25, 0.3) is 5.91 Å². The molecule has 4 nitrogen and oxygen atoms in total. The molecular formula is C19H14Cl2N2O2S. The number of hydrogen-bond acceptors (Lipinski definition) is 3. The summed E-state index contributed by atoms with van der Waals surface area (Å²) >= 11 is 13.4. The zero-order valence-electron chi connectivity index (χ0n) is 13.8. The van der Waals surface area contributed by atoms with Crippen molar-refractivity contribution in [3.05, 3.63) is 56.8 Å². The third-order valence-corrected chi connectivity index (χ3v) is 5.18. The Morgan fingerprint density at radius 1 is 1.35 bits per heavy atom. The van der Waals surface area contributed by atoms with Gasteiger partial charge in [-0.15, -0.1) is 6.42 Å². The van der Waals surface area contributed by atoms with Crippen molar-refractivity contribution in [2.24, 2.45) is 4.99 Å². The number of rotatable bonds is 4. The van der Waals surface area contributed by atoms with Crippen LogP contribution in [0.25, 0.3) is 10.2 Å². The Morgan fingerprint density at radius 3 is 2.88 bits per heavy atom. The maximum Gasteiger partial charge on any atom is 0.281 e. The molecule has 7 heteroatoms. The number of halogens is 2. The van der Waals surface area contributed by atoms with E-state index in [1.165, 1.54) is 17.4 Å². The number of aromatic nitrogens is 1. The van der Waals surface area contributed by atoms with E-state index in [9.17, 15) is 4.79 Å². The molecule has 0 N–H and O–H groups in total. The first kappa shape index (κ1) is 18.5. The Hall–Kier alpha value is -2.26. The molecular weight excluding hydrogens is 391 g/mol. The normalized spacial score (nSPS) is 11.5. The molecule has 26 heavy (non-hydrogen) atoms. The summed E-state index contributed by atoms with van der Waals surface area (Å²) in [7, 11) is 0. The lowest BCUT2D eigenvalue weighted by molar-refractivity contribution is 0.0998. The van der Waals surface area contributed by atoms with Crippen molar-refractivity contribution >= 4 is 50.7 Å². The van der Waals surface area contributed by atoms with Gasteiger partial charge in [0, 0.05) is 5.02 Å². The monoisotopic (exact) mass is 404 g/mol. The van der Waals surface area contributed by atoms with Gasteiger partial charge in [0.2, 0.25) is 0 Å². The van der Waals surface area contributed by atoms with Crippen LogP contribution in [-0.4, -0.2) is 17.1 Å². The highest BCUT2D eigenvalue weighted by atomic mass is 35.5. The zero-order chi connectivity index (χ0) is 18.7. The van der Waals surface area contributed by atoms with Gasteiger partial charge in [-0.05, 0) is 37.3 Å². The van der Waals surface area contributed by atoms with Crippen LogP contribution in [0.2, 0.25) is 10.0 Å². The highest BCUT2D eigenvalue weighted by molar-refractivity contribution is 7.16. The molecule has 132 valence electrons. The van der Waals surface area contributed by atoms with Crippen LogP contribution in [0.5, 0.6) is 5.75 Å². The molecule has 1 heterocycles. The second kappa shape index (κ2) is 7.96. The minimum Gasteiger partial charge on any atom is -0.492 e. The minimum atomic E-state index is -0.479. The fraction of sp³-hybridized carbons (Fsp3) is 0.158. The Balaban J connectivity index is 2.21. The molecule has 0 saturated carbocycles. The van der Waals surface area contributed by atoms with Gasteiger partial charge >= 0.3 is 0 Å². The highest BCUT2D eigenvalue weighted by Crippen LogP contribution is 2.28. The highest BCUT2D eigenvalue weighted by Gasteiger charge is 2.14. The van der Waals surface area contributed by atoms with Gasteiger partial charge in [0.05, 0.1) is 28.4 Å². The van der Waals surface area contributed by atoms with E-state index in [-0.39, 0.29) is 12.1 Å². The summed E-state index contributed by atoms with van der Waals surface area (Å²) in [5.74, 6) is 2.82. The van der Waals surface area contributed by atoms with Gasteiger partial charge in [0.1, 0.15) is 11.3 Å². The number of thiazole rings is 1. The number of ether oxygens (including phenoxy) is 1. The van der Waals surface area contributed by atoms with Crippen molar-refractivity contribution < 1.29 is 9.53 Å². The van der Waals surface area contributed by atoms with Gasteiger partial charge in [0.15, 0.2) is 4.80 Å². The maximum absolute atomic E-state index is 12.6. The van der Waals surface area contributed by atoms with E-state index < -0.39 is 5.91 Å². The van der Waals surface area contributed by atoms with Crippen molar-refractivity contribution in [3.8, 4) is 18.1 Å². The van der Waals surface area contributed by atoms with E-state index in [0.717, 1.165) is 10.2 Å². The number of terminal acetylenes is 1. The van der Waals surface area contributed by atoms with Crippen molar-refractivity contribution in [1.82, 2.24) is 4.57 Å². The summed E-state index contributed by atoms with van der Waals surface area (Å²) in [5, 5.41) is 0.710. The summed E-state index contributed by atoms with van der Waals surface area (Å²) in [6.45, 7) is 2.70. The quantitative estimate of drug-likeness (QED) is 0.587. The van der Waals surface area contributed by atoms with E-state index in [0.29, 0.717) is 27.2 Å². The Bertz CT molecular complexity index is 1090. The van der Waals surface area contributed by atoms with Crippen LogP contribution in [0, 0.1) is 12.3 Å². The average molecular weight is 405 g/mol. The first-order valence-electron chi connectivity index (χ1n) is 7.78. The van der Waals surface area contributed by atoms with Crippen LogP contribution < -0.4 is 9.54 Å². The molecule has 0 radical (unpaired) electrons. The van der Waals surface area contributed by atoms with Crippen LogP contribution in [0.4, 0.5) is 0 Å². The zero-order valence-corrected chi connectivity index (χ0v) is 16.2. The first-order valence-corrected chi connectivity index (χ1v) is 9.35. The minimum absolute atomic E-state index is 0.244. The summed E-state index contributed by atoms with van der Waals surface area (Å²) in [5.41, 5.74) is 1.06. The summed E-state index contributed by atoms with van der Waals surface area (Å²) in [4.78, 5) is 17.3. The van der Waals surface area contributed by atoms with E-state index in [4.69, 9.17) is 34.4 Å². The second-order valence-electron chi connectivity index (χ2n) is 5.25. The van der Waals surface area contributed by atoms with E-state index >= 15 is 0 Å². The van der Waals surface area contributed by atoms with E-state index in [2.05, 4.69) is 10.9 Å². The first-order chi connectivity index (χ1) is 12.5. The van der Waals surface area contributed by atoms with Crippen LogP contribution in [-0.2, 0) is 6.54 Å². The fourth-order valence-corrected chi connectivity index (χ4v) is 3.92. The number of amides is 1. The second-order valence-corrected chi connectivity index (χ2v) is 7.10. The van der Waals surface area contributed by atoms with Crippen molar-refractivity contribution in [2.45, 2.75) is 13.5 Å². The number of benzene rings is 2. The van der Waals surface area contributed by atoms with Gasteiger partial charge in [-0.2, -0.15) is 4.99 Å². The molecule has 3 aromatic rings. The molecule has 3 rings (SSSR count). The average Bonchev–Trinajstić information content (AvgIpc) is 2.96. The molecule has 0 bridgehead atoms. The maximum atomic E-state index is 12.6. The van der Waals surface area contributed by atoms with Gasteiger partial charge in [-0.1, -0.05) is 46.5 Å². The molecule has 0 unspecified atom stereocenters. The van der Waals surface area contributed by atoms with Crippen LogP contribution >= 0.6 is 34.5 Å². The van der Waals surface area contributed by atoms with Gasteiger partial charge < -0.3 is 9.30 Å². The lowest BCUT2D eigenvalue weighted by atomic mass is 10.2. The van der Waals surface area contributed by atoms with Crippen molar-refractivity contribution in [3.63, 3.8) is 0 Å². The van der Waals surface area contributed by atoms with Crippen molar-refractivity contribution in [1.29, 1.82) is 0 Å². The van der Waals surface area contributed by atoms with E-state index in [1.807, 2.05) is 25.1 Å². The number of hydrogen-bond donors (Lipinski definition) is 0. The third kappa shape index (κ3) is 3.63. The number of fused-ring (bicyclic) bond motifs is 1. The van der Waals surface area contributed by atoms with Gasteiger partial charge in [-0.3, -0.25) is 4.79 Å². The number of carbonyl (C=O) groups excluding carboxylic acids is 1. The Labute approximate surface area is 164 Å². The molecule has 1 amide bonds. The molecule has 0 aliphatic heterocycles. The molecule has 0 atom stereocenters. The molecule has 0 fully saturated rings. The van der Waals surface area contributed by atoms with Crippen LogP contribution in [0.15, 0.2) is 41.4 Å². The molecule has 2 aromatic carbocycles. The van der Waals surface area contributed by atoms with Crippen molar-refractivity contribution in [2.75, 3.05) is 6.61 Å². The molecule has 0 spiro atoms. The molecule has 0 aliphatic carbocycles. The predicted octanol–water partition coefficient (Wildman–Crippen LogP) is 4.78.